The van der Waals surface area contributed by atoms with Gasteiger partial charge in [-0.05, 0) is 24.7 Å². The van der Waals surface area contributed by atoms with Gasteiger partial charge in [-0.25, -0.2) is 0 Å². The van der Waals surface area contributed by atoms with Gasteiger partial charge in [-0.2, -0.15) is 0 Å². The summed E-state index contributed by atoms with van der Waals surface area (Å²) in [6.45, 7) is 1.49. The Balaban J connectivity index is 1.95. The molecule has 4 heteroatoms. The Labute approximate surface area is 82.6 Å². The molecule has 1 atom stereocenters. The van der Waals surface area contributed by atoms with Gasteiger partial charge in [0.1, 0.15) is 0 Å². The van der Waals surface area contributed by atoms with Gasteiger partial charge in [0.05, 0.1) is 0 Å². The molecule has 2 saturated heterocycles. The van der Waals surface area contributed by atoms with Gasteiger partial charge in [0, 0.05) is 26.1 Å². The number of hydrogen-bond donors (Lipinski definition) is 0. The quantitative estimate of drug-likeness (QED) is 0.464. The first-order chi connectivity index (χ1) is 6.75. The van der Waals surface area contributed by atoms with E-state index in [0.717, 1.165) is 19.4 Å². The van der Waals surface area contributed by atoms with Crippen molar-refractivity contribution < 1.29 is 19.1 Å². The number of rotatable bonds is 1. The third-order valence-corrected chi connectivity index (χ3v) is 2.95. The fraction of sp³-hybridized carbons (Fsp3) is 0.800. The lowest BCUT2D eigenvalue weighted by molar-refractivity contribution is -0.167. The Morgan fingerprint density at radius 3 is 2.36 bits per heavy atom. The Hall–Kier alpha value is -0.900. The summed E-state index contributed by atoms with van der Waals surface area (Å²) in [5, 5.41) is 0. The molecule has 0 aromatic carbocycles. The monoisotopic (exact) mass is 198 g/mol. The molecule has 2 rings (SSSR count). The normalized spacial score (nSPS) is 30.1. The van der Waals surface area contributed by atoms with Crippen LogP contribution in [0.25, 0.3) is 0 Å². The van der Waals surface area contributed by atoms with Gasteiger partial charge in [0.2, 0.25) is 0 Å². The standard InChI is InChI=1S/C10H14O4/c11-9-4-8(5-10(12)14-9)7-2-1-3-13-6-7/h7-8H,1-6H2. The van der Waals surface area contributed by atoms with Gasteiger partial charge in [0.25, 0.3) is 0 Å². The van der Waals surface area contributed by atoms with Gasteiger partial charge >= 0.3 is 11.9 Å². The third kappa shape index (κ3) is 2.12. The van der Waals surface area contributed by atoms with E-state index in [1.807, 2.05) is 0 Å². The Morgan fingerprint density at radius 1 is 1.07 bits per heavy atom. The van der Waals surface area contributed by atoms with Crippen molar-refractivity contribution in [3.63, 3.8) is 0 Å². The molecule has 2 fully saturated rings. The molecule has 0 aliphatic carbocycles. The van der Waals surface area contributed by atoms with Crippen molar-refractivity contribution in [1.82, 2.24) is 0 Å². The van der Waals surface area contributed by atoms with Crippen LogP contribution in [-0.4, -0.2) is 25.2 Å². The number of esters is 2. The minimum Gasteiger partial charge on any atom is -0.393 e. The Kier molecular flexibility index (Phi) is 2.82. The summed E-state index contributed by atoms with van der Waals surface area (Å²) in [5.41, 5.74) is 0. The summed E-state index contributed by atoms with van der Waals surface area (Å²) in [6, 6.07) is 0. The molecule has 2 aliphatic heterocycles. The Morgan fingerprint density at radius 2 is 1.79 bits per heavy atom. The SMILES string of the molecule is O=C1CC(C2CCCOC2)CC(=O)O1. The molecule has 0 aromatic rings. The molecule has 0 amide bonds. The maximum absolute atomic E-state index is 11.0. The molecule has 0 spiro atoms. The van der Waals surface area contributed by atoms with E-state index in [1.165, 1.54) is 0 Å². The van der Waals surface area contributed by atoms with Crippen LogP contribution in [0.1, 0.15) is 25.7 Å². The molecule has 78 valence electrons. The molecule has 0 aromatic heterocycles. The lowest BCUT2D eigenvalue weighted by Crippen LogP contribution is -2.33. The molecule has 1 unspecified atom stereocenters. The predicted octanol–water partition coefficient (Wildman–Crippen LogP) is 0.893. The van der Waals surface area contributed by atoms with Crippen molar-refractivity contribution in [1.29, 1.82) is 0 Å². The van der Waals surface area contributed by atoms with Crippen molar-refractivity contribution >= 4 is 11.9 Å². The molecule has 0 saturated carbocycles. The minimum absolute atomic E-state index is 0.143. The van der Waals surface area contributed by atoms with E-state index in [1.54, 1.807) is 0 Å². The molecule has 0 radical (unpaired) electrons. The van der Waals surface area contributed by atoms with E-state index in [0.29, 0.717) is 25.4 Å². The maximum Gasteiger partial charge on any atom is 0.313 e. The molecule has 0 bridgehead atoms. The second kappa shape index (κ2) is 4.09. The van der Waals surface area contributed by atoms with Crippen LogP contribution in [0.3, 0.4) is 0 Å². The predicted molar refractivity (Wildman–Crippen MR) is 47.4 cm³/mol. The zero-order valence-corrected chi connectivity index (χ0v) is 8.03. The van der Waals surface area contributed by atoms with Crippen LogP contribution in [0.2, 0.25) is 0 Å². The molecular weight excluding hydrogens is 184 g/mol. The van der Waals surface area contributed by atoms with Gasteiger partial charge in [-0.3, -0.25) is 9.59 Å². The lowest BCUT2D eigenvalue weighted by atomic mass is 9.82. The highest BCUT2D eigenvalue weighted by molar-refractivity contribution is 5.88. The first-order valence-electron chi connectivity index (χ1n) is 5.07. The van der Waals surface area contributed by atoms with E-state index < -0.39 is 0 Å². The highest BCUT2D eigenvalue weighted by Gasteiger charge is 2.33. The van der Waals surface area contributed by atoms with Crippen molar-refractivity contribution in [3.8, 4) is 0 Å². The molecule has 14 heavy (non-hydrogen) atoms. The van der Waals surface area contributed by atoms with Crippen molar-refractivity contribution in [3.05, 3.63) is 0 Å². The van der Waals surface area contributed by atoms with Gasteiger partial charge in [0.15, 0.2) is 0 Å². The first kappa shape index (κ1) is 9.65. The fourth-order valence-corrected chi connectivity index (χ4v) is 2.18. The summed E-state index contributed by atoms with van der Waals surface area (Å²) in [6.07, 6.45) is 2.84. The minimum atomic E-state index is -0.378. The average molecular weight is 198 g/mol. The van der Waals surface area contributed by atoms with Crippen LogP contribution in [-0.2, 0) is 19.1 Å². The van der Waals surface area contributed by atoms with Gasteiger partial charge in [-0.1, -0.05) is 0 Å². The van der Waals surface area contributed by atoms with Gasteiger partial charge in [-0.15, -0.1) is 0 Å². The van der Waals surface area contributed by atoms with Crippen LogP contribution in [0, 0.1) is 11.8 Å². The summed E-state index contributed by atoms with van der Waals surface area (Å²) < 4.78 is 9.83. The lowest BCUT2D eigenvalue weighted by Gasteiger charge is -2.30. The van der Waals surface area contributed by atoms with Crippen LogP contribution >= 0.6 is 0 Å². The fourth-order valence-electron chi connectivity index (χ4n) is 2.18. The Bertz CT molecular complexity index is 227. The van der Waals surface area contributed by atoms with Crippen LogP contribution in [0.4, 0.5) is 0 Å². The number of carbonyl (C=O) groups is 2. The highest BCUT2D eigenvalue weighted by Crippen LogP contribution is 2.30. The molecule has 2 heterocycles. The maximum atomic E-state index is 11.0. The van der Waals surface area contributed by atoms with Crippen LogP contribution < -0.4 is 0 Å². The van der Waals surface area contributed by atoms with Crippen LogP contribution in [0.5, 0.6) is 0 Å². The highest BCUT2D eigenvalue weighted by atomic mass is 16.6. The molecule has 2 aliphatic rings. The first-order valence-corrected chi connectivity index (χ1v) is 5.07. The molecule has 4 nitrogen and oxygen atoms in total. The summed E-state index contributed by atoms with van der Waals surface area (Å²) in [5.74, 6) is -0.252. The van der Waals surface area contributed by atoms with Crippen molar-refractivity contribution in [2.45, 2.75) is 25.7 Å². The van der Waals surface area contributed by atoms with Crippen molar-refractivity contribution in [2.24, 2.45) is 11.8 Å². The second-order valence-electron chi connectivity index (χ2n) is 3.99. The number of cyclic esters (lactones) is 2. The number of ether oxygens (including phenoxy) is 2. The molecular formula is C10H14O4. The third-order valence-electron chi connectivity index (χ3n) is 2.95. The summed E-state index contributed by atoms with van der Waals surface area (Å²) in [4.78, 5) is 22.1. The van der Waals surface area contributed by atoms with E-state index >= 15 is 0 Å². The van der Waals surface area contributed by atoms with Gasteiger partial charge < -0.3 is 9.47 Å². The van der Waals surface area contributed by atoms with E-state index in [4.69, 9.17) is 4.74 Å². The number of hydrogen-bond acceptors (Lipinski definition) is 4. The second-order valence-corrected chi connectivity index (χ2v) is 3.99. The van der Waals surface area contributed by atoms with Crippen LogP contribution in [0.15, 0.2) is 0 Å². The van der Waals surface area contributed by atoms with Crippen molar-refractivity contribution in [2.75, 3.05) is 13.2 Å². The molecule has 0 N–H and O–H groups in total. The van der Waals surface area contributed by atoms with E-state index in [9.17, 15) is 9.59 Å². The van der Waals surface area contributed by atoms with E-state index in [2.05, 4.69) is 4.74 Å². The number of carbonyl (C=O) groups excluding carboxylic acids is 2. The average Bonchev–Trinajstić information content (AvgIpc) is 2.18. The van der Waals surface area contributed by atoms with E-state index in [-0.39, 0.29) is 17.9 Å². The zero-order chi connectivity index (χ0) is 9.97. The topological polar surface area (TPSA) is 52.6 Å². The largest absolute Gasteiger partial charge is 0.393 e. The summed E-state index contributed by atoms with van der Waals surface area (Å²) >= 11 is 0. The smallest absolute Gasteiger partial charge is 0.313 e. The summed E-state index contributed by atoms with van der Waals surface area (Å²) in [7, 11) is 0. The zero-order valence-electron chi connectivity index (χ0n) is 8.03.